The molecule has 1 atom stereocenters. The molecule has 2 aromatic rings. The van der Waals surface area contributed by atoms with Crippen molar-refractivity contribution < 1.29 is 4.79 Å². The molecule has 0 spiro atoms. The van der Waals surface area contributed by atoms with Gasteiger partial charge in [-0.15, -0.1) is 0 Å². The molecule has 0 fully saturated rings. The van der Waals surface area contributed by atoms with Crippen LogP contribution in [-0.4, -0.2) is 5.91 Å². The first-order valence-electron chi connectivity index (χ1n) is 6.72. The summed E-state index contributed by atoms with van der Waals surface area (Å²) in [5.41, 5.74) is 10.5. The molecule has 0 radical (unpaired) electrons. The van der Waals surface area contributed by atoms with Crippen molar-refractivity contribution in [2.24, 2.45) is 5.73 Å². The minimum atomic E-state index is -0.0836. The predicted octanol–water partition coefficient (Wildman–Crippen LogP) is 3.58. The fraction of sp³-hybridized carbons (Fsp3) is 0.235. The molecule has 1 unspecified atom stereocenters. The second-order valence-corrected chi connectivity index (χ2v) is 5.11. The number of carbonyl (C=O) groups is 1. The normalized spacial score (nSPS) is 12.0. The lowest BCUT2D eigenvalue weighted by Crippen LogP contribution is -2.14. The van der Waals surface area contributed by atoms with Gasteiger partial charge in [-0.05, 0) is 55.7 Å². The van der Waals surface area contributed by atoms with Gasteiger partial charge in [-0.25, -0.2) is 0 Å². The van der Waals surface area contributed by atoms with Crippen molar-refractivity contribution in [3.8, 4) is 0 Å². The summed E-state index contributed by atoms with van der Waals surface area (Å²) in [7, 11) is 0. The van der Waals surface area contributed by atoms with Gasteiger partial charge in [0, 0.05) is 17.3 Å². The Bertz CT molecular complexity index is 615. The van der Waals surface area contributed by atoms with Crippen molar-refractivity contribution in [1.82, 2.24) is 0 Å². The Balaban J connectivity index is 2.17. The molecule has 0 aliphatic carbocycles. The topological polar surface area (TPSA) is 55.1 Å². The number of hydrogen-bond acceptors (Lipinski definition) is 2. The van der Waals surface area contributed by atoms with Crippen molar-refractivity contribution in [3.63, 3.8) is 0 Å². The fourth-order valence-corrected chi connectivity index (χ4v) is 2.07. The van der Waals surface area contributed by atoms with Crippen LogP contribution in [0.25, 0.3) is 0 Å². The van der Waals surface area contributed by atoms with Crippen LogP contribution in [-0.2, 0) is 0 Å². The second kappa shape index (κ2) is 5.88. The van der Waals surface area contributed by atoms with E-state index in [0.29, 0.717) is 5.56 Å². The van der Waals surface area contributed by atoms with E-state index in [2.05, 4.69) is 5.32 Å². The van der Waals surface area contributed by atoms with Gasteiger partial charge < -0.3 is 11.1 Å². The minimum Gasteiger partial charge on any atom is -0.324 e. The van der Waals surface area contributed by atoms with E-state index >= 15 is 0 Å². The minimum absolute atomic E-state index is 0.00114. The lowest BCUT2D eigenvalue weighted by atomic mass is 10.0. The van der Waals surface area contributed by atoms with E-state index in [-0.39, 0.29) is 11.9 Å². The molecule has 3 heteroatoms. The molecule has 0 bridgehead atoms. The number of nitrogens with one attached hydrogen (secondary N) is 1. The number of anilines is 1. The summed E-state index contributed by atoms with van der Waals surface area (Å²) in [6.45, 7) is 5.90. The Morgan fingerprint density at radius 3 is 2.35 bits per heavy atom. The summed E-state index contributed by atoms with van der Waals surface area (Å²) in [5, 5.41) is 2.91. The van der Waals surface area contributed by atoms with Crippen LogP contribution in [0.1, 0.15) is 40.0 Å². The van der Waals surface area contributed by atoms with Gasteiger partial charge in [-0.3, -0.25) is 4.79 Å². The largest absolute Gasteiger partial charge is 0.324 e. The monoisotopic (exact) mass is 268 g/mol. The van der Waals surface area contributed by atoms with E-state index in [0.717, 1.165) is 22.4 Å². The molecule has 0 aromatic heterocycles. The van der Waals surface area contributed by atoms with Gasteiger partial charge >= 0.3 is 0 Å². The first kappa shape index (κ1) is 14.3. The number of nitrogens with two attached hydrogens (primary N) is 1. The lowest BCUT2D eigenvalue weighted by molar-refractivity contribution is 0.102. The van der Waals surface area contributed by atoms with Crippen LogP contribution in [0.15, 0.2) is 42.5 Å². The van der Waals surface area contributed by atoms with Crippen molar-refractivity contribution in [2.75, 3.05) is 5.32 Å². The number of aryl methyl sites for hydroxylation is 1. The molecule has 2 aromatic carbocycles. The Morgan fingerprint density at radius 2 is 1.75 bits per heavy atom. The molecule has 0 saturated heterocycles. The molecule has 1 amide bonds. The molecule has 3 N–H and O–H groups in total. The Hall–Kier alpha value is -2.13. The summed E-state index contributed by atoms with van der Waals surface area (Å²) in [6, 6.07) is 13.4. The zero-order valence-corrected chi connectivity index (χ0v) is 12.1. The van der Waals surface area contributed by atoms with Crippen LogP contribution >= 0.6 is 0 Å². The highest BCUT2D eigenvalue weighted by Crippen LogP contribution is 2.17. The number of amides is 1. The highest BCUT2D eigenvalue weighted by Gasteiger charge is 2.10. The standard InChI is InChI=1S/C17H20N2O/c1-11-5-4-6-16(12(11)2)17(20)19-15-9-7-14(8-10-15)13(3)18/h4-10,13H,18H2,1-3H3,(H,19,20). The Kier molecular flexibility index (Phi) is 4.20. The van der Waals surface area contributed by atoms with E-state index in [1.54, 1.807) is 0 Å². The lowest BCUT2D eigenvalue weighted by Gasteiger charge is -2.11. The number of rotatable bonds is 3. The van der Waals surface area contributed by atoms with Crippen LogP contribution in [0, 0.1) is 13.8 Å². The maximum absolute atomic E-state index is 12.3. The van der Waals surface area contributed by atoms with Crippen LogP contribution in [0.2, 0.25) is 0 Å². The molecule has 0 aliphatic rings. The first-order chi connectivity index (χ1) is 9.49. The number of hydrogen-bond donors (Lipinski definition) is 2. The molecular formula is C17H20N2O. The fourth-order valence-electron chi connectivity index (χ4n) is 2.07. The number of carbonyl (C=O) groups excluding carboxylic acids is 1. The molecule has 2 rings (SSSR count). The van der Waals surface area contributed by atoms with Gasteiger partial charge in [0.15, 0.2) is 0 Å². The molecule has 3 nitrogen and oxygen atoms in total. The summed E-state index contributed by atoms with van der Waals surface area (Å²) < 4.78 is 0. The molecule has 0 heterocycles. The van der Waals surface area contributed by atoms with E-state index < -0.39 is 0 Å². The van der Waals surface area contributed by atoms with Crippen LogP contribution in [0.4, 0.5) is 5.69 Å². The summed E-state index contributed by atoms with van der Waals surface area (Å²) >= 11 is 0. The first-order valence-corrected chi connectivity index (χ1v) is 6.72. The third-order valence-electron chi connectivity index (χ3n) is 3.54. The smallest absolute Gasteiger partial charge is 0.255 e. The second-order valence-electron chi connectivity index (χ2n) is 5.11. The summed E-state index contributed by atoms with van der Waals surface area (Å²) in [4.78, 5) is 12.3. The van der Waals surface area contributed by atoms with Gasteiger partial charge in [-0.2, -0.15) is 0 Å². The quantitative estimate of drug-likeness (QED) is 0.894. The van der Waals surface area contributed by atoms with Crippen LogP contribution in [0.5, 0.6) is 0 Å². The van der Waals surface area contributed by atoms with Gasteiger partial charge in [0.2, 0.25) is 0 Å². The van der Waals surface area contributed by atoms with Crippen molar-refractivity contribution in [1.29, 1.82) is 0 Å². The third-order valence-corrected chi connectivity index (χ3v) is 3.54. The van der Waals surface area contributed by atoms with Crippen molar-refractivity contribution >= 4 is 11.6 Å². The van der Waals surface area contributed by atoms with Crippen LogP contribution < -0.4 is 11.1 Å². The highest BCUT2D eigenvalue weighted by molar-refractivity contribution is 6.05. The van der Waals surface area contributed by atoms with E-state index in [1.807, 2.05) is 63.2 Å². The highest BCUT2D eigenvalue weighted by atomic mass is 16.1. The van der Waals surface area contributed by atoms with Crippen molar-refractivity contribution in [2.45, 2.75) is 26.8 Å². The van der Waals surface area contributed by atoms with Gasteiger partial charge in [0.25, 0.3) is 5.91 Å². The maximum atomic E-state index is 12.3. The van der Waals surface area contributed by atoms with Gasteiger partial charge in [0.1, 0.15) is 0 Å². The van der Waals surface area contributed by atoms with E-state index in [9.17, 15) is 4.79 Å². The zero-order valence-electron chi connectivity index (χ0n) is 12.1. The average molecular weight is 268 g/mol. The summed E-state index contributed by atoms with van der Waals surface area (Å²) in [5.74, 6) is -0.0836. The average Bonchev–Trinajstić information content (AvgIpc) is 2.42. The molecule has 20 heavy (non-hydrogen) atoms. The van der Waals surface area contributed by atoms with E-state index in [1.165, 1.54) is 0 Å². The Morgan fingerprint density at radius 1 is 1.10 bits per heavy atom. The molecule has 0 saturated carbocycles. The van der Waals surface area contributed by atoms with E-state index in [4.69, 9.17) is 5.73 Å². The van der Waals surface area contributed by atoms with Gasteiger partial charge in [-0.1, -0.05) is 24.3 Å². The van der Waals surface area contributed by atoms with Crippen LogP contribution in [0.3, 0.4) is 0 Å². The maximum Gasteiger partial charge on any atom is 0.255 e. The molecule has 104 valence electrons. The SMILES string of the molecule is Cc1cccc(C(=O)Nc2ccc(C(C)N)cc2)c1C. The Labute approximate surface area is 119 Å². The molecule has 0 aliphatic heterocycles. The molecular weight excluding hydrogens is 248 g/mol. The number of benzene rings is 2. The predicted molar refractivity (Wildman–Crippen MR) is 82.9 cm³/mol. The zero-order chi connectivity index (χ0) is 14.7. The van der Waals surface area contributed by atoms with Crippen molar-refractivity contribution in [3.05, 3.63) is 64.7 Å². The third kappa shape index (κ3) is 3.06. The van der Waals surface area contributed by atoms with Gasteiger partial charge in [0.05, 0.1) is 0 Å². The summed E-state index contributed by atoms with van der Waals surface area (Å²) in [6.07, 6.45) is 0.